The monoisotopic (exact) mass is 493 g/mol. The number of fused-ring (bicyclic) bond motifs is 1. The van der Waals surface area contributed by atoms with Crippen molar-refractivity contribution in [3.8, 4) is 0 Å². The minimum atomic E-state index is -3.85. The molecule has 33 heavy (non-hydrogen) atoms. The number of hydrogen-bond acceptors (Lipinski definition) is 7. The van der Waals surface area contributed by atoms with Crippen molar-refractivity contribution in [1.82, 2.24) is 9.78 Å². The van der Waals surface area contributed by atoms with E-state index in [-0.39, 0.29) is 29.8 Å². The van der Waals surface area contributed by atoms with E-state index in [0.717, 1.165) is 23.7 Å². The largest absolute Gasteiger partial charge is 0.365 e. The second kappa shape index (κ2) is 10.5. The van der Waals surface area contributed by atoms with Gasteiger partial charge in [0.05, 0.1) is 29.4 Å². The third-order valence-electron chi connectivity index (χ3n) is 5.77. The lowest BCUT2D eigenvalue weighted by Gasteiger charge is -2.35. The Bertz CT molecular complexity index is 1110. The van der Waals surface area contributed by atoms with E-state index in [1.54, 1.807) is 30.5 Å². The molecule has 0 radical (unpaired) electrons. The van der Waals surface area contributed by atoms with Crippen LogP contribution in [0, 0.1) is 6.92 Å². The molecule has 182 valence electrons. The molecular formula is C23H35N3O5SSi. The van der Waals surface area contributed by atoms with E-state index in [1.165, 1.54) is 4.68 Å². The van der Waals surface area contributed by atoms with E-state index in [1.807, 2.05) is 18.7 Å². The first-order valence-electron chi connectivity index (χ1n) is 11.4. The Morgan fingerprint density at radius 2 is 1.88 bits per heavy atom. The van der Waals surface area contributed by atoms with Crippen LogP contribution >= 0.6 is 0 Å². The van der Waals surface area contributed by atoms with E-state index in [9.17, 15) is 13.2 Å². The Labute approximate surface area is 197 Å². The molecule has 0 saturated carbocycles. The Hall–Kier alpha value is -2.01. The van der Waals surface area contributed by atoms with Gasteiger partial charge in [0, 0.05) is 26.8 Å². The first kappa shape index (κ1) is 25.6. The topological polar surface area (TPSA) is 90.7 Å². The number of benzene rings is 1. The number of anilines is 1. The molecule has 1 aliphatic rings. The summed E-state index contributed by atoms with van der Waals surface area (Å²) >= 11 is 0. The van der Waals surface area contributed by atoms with Crippen molar-refractivity contribution >= 4 is 23.9 Å². The highest BCUT2D eigenvalue weighted by atomic mass is 32.2. The molecule has 0 bridgehead atoms. The van der Waals surface area contributed by atoms with Crippen LogP contribution in [-0.2, 0) is 32.2 Å². The summed E-state index contributed by atoms with van der Waals surface area (Å²) in [5.74, 6) is 0. The van der Waals surface area contributed by atoms with Gasteiger partial charge in [0.25, 0.3) is 15.7 Å². The van der Waals surface area contributed by atoms with Crippen molar-refractivity contribution in [3.05, 3.63) is 51.9 Å². The highest BCUT2D eigenvalue weighted by Crippen LogP contribution is 2.26. The fraction of sp³-hybridized carbons (Fsp3) is 0.565. The van der Waals surface area contributed by atoms with Crippen LogP contribution in [0.2, 0.25) is 25.7 Å². The number of aryl methyl sites for hydroxylation is 1. The lowest BCUT2D eigenvalue weighted by Crippen LogP contribution is -2.43. The Kier molecular flexibility index (Phi) is 8.15. The molecular weight excluding hydrogens is 458 g/mol. The standard InChI is InChI=1S/C23H35N3O5SSi/c1-18-8-10-20(11-9-18)32(28,29)31-16-19(2)25-12-6-7-21-22(25)15-24-26(23(21)27)17-30-13-14-33(3,4)5/h8-11,15,19H,6-7,12-14,16-17H2,1-5H3. The maximum absolute atomic E-state index is 13.0. The lowest BCUT2D eigenvalue weighted by atomic mass is 10.0. The third-order valence-corrected chi connectivity index (χ3v) is 8.77. The van der Waals surface area contributed by atoms with E-state index >= 15 is 0 Å². The van der Waals surface area contributed by atoms with E-state index in [0.29, 0.717) is 25.1 Å². The molecule has 10 heteroatoms. The summed E-state index contributed by atoms with van der Waals surface area (Å²) in [6, 6.07) is 7.36. The van der Waals surface area contributed by atoms with Crippen molar-refractivity contribution < 1.29 is 17.3 Å². The summed E-state index contributed by atoms with van der Waals surface area (Å²) < 4.78 is 37.5. The van der Waals surface area contributed by atoms with Crippen LogP contribution in [-0.4, -0.2) is 52.1 Å². The van der Waals surface area contributed by atoms with Crippen LogP contribution in [0.25, 0.3) is 0 Å². The van der Waals surface area contributed by atoms with Gasteiger partial charge < -0.3 is 9.64 Å². The maximum Gasteiger partial charge on any atom is 0.297 e. The molecule has 0 amide bonds. The molecule has 1 aromatic heterocycles. The Morgan fingerprint density at radius 1 is 1.18 bits per heavy atom. The first-order valence-corrected chi connectivity index (χ1v) is 16.5. The number of ether oxygens (including phenoxy) is 1. The van der Waals surface area contributed by atoms with Crippen LogP contribution in [0.1, 0.15) is 24.5 Å². The molecule has 1 atom stereocenters. The average Bonchev–Trinajstić information content (AvgIpc) is 2.76. The number of aromatic nitrogens is 2. The van der Waals surface area contributed by atoms with Crippen molar-refractivity contribution in [3.63, 3.8) is 0 Å². The van der Waals surface area contributed by atoms with E-state index < -0.39 is 18.2 Å². The summed E-state index contributed by atoms with van der Waals surface area (Å²) in [6.45, 7) is 12.1. The van der Waals surface area contributed by atoms with Crippen LogP contribution in [0.3, 0.4) is 0 Å². The highest BCUT2D eigenvalue weighted by Gasteiger charge is 2.27. The smallest absolute Gasteiger partial charge is 0.297 e. The van der Waals surface area contributed by atoms with Gasteiger partial charge in [0.1, 0.15) is 6.73 Å². The van der Waals surface area contributed by atoms with Crippen molar-refractivity contribution in [2.75, 3.05) is 24.7 Å². The molecule has 3 rings (SSSR count). The summed E-state index contributed by atoms with van der Waals surface area (Å²) in [5.41, 5.74) is 2.27. The normalized spacial score (nSPS) is 15.4. The van der Waals surface area contributed by atoms with Gasteiger partial charge in [-0.25, -0.2) is 4.68 Å². The molecule has 2 heterocycles. The van der Waals surface area contributed by atoms with Gasteiger partial charge in [0.15, 0.2) is 0 Å². The average molecular weight is 494 g/mol. The van der Waals surface area contributed by atoms with Crippen LogP contribution < -0.4 is 10.5 Å². The lowest BCUT2D eigenvalue weighted by molar-refractivity contribution is 0.0746. The third kappa shape index (κ3) is 6.75. The van der Waals surface area contributed by atoms with Gasteiger partial charge in [-0.1, -0.05) is 37.3 Å². The number of rotatable bonds is 10. The predicted octanol–water partition coefficient (Wildman–Crippen LogP) is 3.41. The zero-order chi connectivity index (χ0) is 24.2. The van der Waals surface area contributed by atoms with Crippen LogP contribution in [0.15, 0.2) is 40.2 Å². The van der Waals surface area contributed by atoms with Crippen molar-refractivity contribution in [1.29, 1.82) is 0 Å². The SMILES string of the molecule is Cc1ccc(S(=O)(=O)OCC(C)N2CCCc3c2cnn(COCC[Si](C)(C)C)c3=O)cc1. The summed E-state index contributed by atoms with van der Waals surface area (Å²) in [5, 5.41) is 4.31. The quantitative estimate of drug-likeness (QED) is 0.285. The highest BCUT2D eigenvalue weighted by molar-refractivity contribution is 7.86. The Balaban J connectivity index is 1.67. The molecule has 1 unspecified atom stereocenters. The minimum absolute atomic E-state index is 0.0153. The van der Waals surface area contributed by atoms with Crippen LogP contribution in [0.5, 0.6) is 0 Å². The second-order valence-corrected chi connectivity index (χ2v) is 17.1. The molecule has 0 fully saturated rings. The summed E-state index contributed by atoms with van der Waals surface area (Å²) in [4.78, 5) is 15.1. The molecule has 1 aromatic carbocycles. The molecule has 0 N–H and O–H groups in total. The zero-order valence-electron chi connectivity index (χ0n) is 20.2. The van der Waals surface area contributed by atoms with Gasteiger partial charge in [0.2, 0.25) is 0 Å². The molecule has 1 aliphatic heterocycles. The van der Waals surface area contributed by atoms with Crippen molar-refractivity contribution in [2.24, 2.45) is 0 Å². The molecule has 8 nitrogen and oxygen atoms in total. The van der Waals surface area contributed by atoms with Crippen LogP contribution in [0.4, 0.5) is 5.69 Å². The fourth-order valence-corrected chi connectivity index (χ4v) is 5.42. The number of hydrogen-bond donors (Lipinski definition) is 0. The molecule has 0 spiro atoms. The predicted molar refractivity (Wildman–Crippen MR) is 132 cm³/mol. The zero-order valence-corrected chi connectivity index (χ0v) is 22.0. The van der Waals surface area contributed by atoms with Gasteiger partial charge in [-0.15, -0.1) is 0 Å². The Morgan fingerprint density at radius 3 is 2.55 bits per heavy atom. The molecule has 0 aliphatic carbocycles. The first-order chi connectivity index (χ1) is 15.5. The maximum atomic E-state index is 13.0. The fourth-order valence-electron chi connectivity index (χ4n) is 3.68. The van der Waals surface area contributed by atoms with Gasteiger partial charge >= 0.3 is 0 Å². The minimum Gasteiger partial charge on any atom is -0.365 e. The summed E-state index contributed by atoms with van der Waals surface area (Å²) in [6.07, 6.45) is 3.15. The molecule has 0 saturated heterocycles. The molecule has 2 aromatic rings. The second-order valence-electron chi connectivity index (χ2n) is 9.86. The number of nitrogens with zero attached hydrogens (tertiary/aromatic N) is 3. The van der Waals surface area contributed by atoms with Gasteiger partial charge in [-0.3, -0.25) is 8.98 Å². The van der Waals surface area contributed by atoms with Crippen molar-refractivity contribution in [2.45, 2.75) is 70.0 Å². The van der Waals surface area contributed by atoms with E-state index in [4.69, 9.17) is 8.92 Å². The summed E-state index contributed by atoms with van der Waals surface area (Å²) in [7, 11) is -5.04. The van der Waals surface area contributed by atoms with Gasteiger partial charge in [-0.05, 0) is 44.9 Å². The van der Waals surface area contributed by atoms with E-state index in [2.05, 4.69) is 24.7 Å². The van der Waals surface area contributed by atoms with Gasteiger partial charge in [-0.2, -0.15) is 13.5 Å².